The molecule has 0 saturated carbocycles. The topological polar surface area (TPSA) is 97.7 Å². The van der Waals surface area contributed by atoms with Crippen molar-refractivity contribution in [3.8, 4) is 17.6 Å². The number of nitrogens with zero attached hydrogens (tertiary/aromatic N) is 1. The lowest BCUT2D eigenvalue weighted by Crippen LogP contribution is -2.39. The number of fused-ring (bicyclic) bond motifs is 1. The first-order chi connectivity index (χ1) is 11.7. The van der Waals surface area contributed by atoms with E-state index in [1.54, 1.807) is 35.7 Å². The molecule has 1 aliphatic heterocycles. The van der Waals surface area contributed by atoms with Gasteiger partial charge in [-0.1, -0.05) is 12.1 Å². The number of carbonyl (C=O) groups excluding carboxylic acids is 2. The number of anilines is 1. The number of esters is 1. The van der Waals surface area contributed by atoms with Gasteiger partial charge in [-0.15, -0.1) is 11.3 Å². The van der Waals surface area contributed by atoms with Gasteiger partial charge >= 0.3 is 5.97 Å². The van der Waals surface area contributed by atoms with Gasteiger partial charge in [-0.05, 0) is 23.6 Å². The molecule has 0 fully saturated rings. The number of ether oxygens (including phenoxy) is 3. The Hall–Kier alpha value is -3.05. The molecular weight excluding hydrogens is 332 g/mol. The van der Waals surface area contributed by atoms with Gasteiger partial charge in [0.2, 0.25) is 6.10 Å². The molecule has 7 nitrogen and oxygen atoms in total. The Morgan fingerprint density at radius 3 is 2.92 bits per heavy atom. The van der Waals surface area contributed by atoms with Crippen LogP contribution in [0.3, 0.4) is 0 Å². The highest BCUT2D eigenvalue weighted by Gasteiger charge is 2.29. The van der Waals surface area contributed by atoms with Gasteiger partial charge in [-0.2, -0.15) is 5.26 Å². The van der Waals surface area contributed by atoms with Crippen molar-refractivity contribution < 1.29 is 23.8 Å². The predicted octanol–water partition coefficient (Wildman–Crippen LogP) is 1.94. The van der Waals surface area contributed by atoms with E-state index in [1.807, 2.05) is 6.07 Å². The van der Waals surface area contributed by atoms with E-state index >= 15 is 0 Å². The summed E-state index contributed by atoms with van der Waals surface area (Å²) in [7, 11) is 0. The lowest BCUT2D eigenvalue weighted by atomic mass is 10.2. The van der Waals surface area contributed by atoms with Crippen molar-refractivity contribution in [3.63, 3.8) is 0 Å². The molecule has 0 radical (unpaired) electrons. The Morgan fingerprint density at radius 2 is 2.12 bits per heavy atom. The first-order valence-corrected chi connectivity index (χ1v) is 7.88. The van der Waals surface area contributed by atoms with Gasteiger partial charge in [-0.3, -0.25) is 4.79 Å². The zero-order valence-electron chi connectivity index (χ0n) is 12.4. The van der Waals surface area contributed by atoms with Crippen molar-refractivity contribution in [2.24, 2.45) is 0 Å². The zero-order chi connectivity index (χ0) is 16.9. The van der Waals surface area contributed by atoms with Gasteiger partial charge < -0.3 is 19.5 Å². The molecule has 24 heavy (non-hydrogen) atoms. The van der Waals surface area contributed by atoms with Crippen molar-refractivity contribution in [1.29, 1.82) is 5.26 Å². The fraction of sp³-hybridized carbons (Fsp3) is 0.188. The van der Waals surface area contributed by atoms with Crippen molar-refractivity contribution >= 4 is 28.2 Å². The second kappa shape index (κ2) is 7.02. The summed E-state index contributed by atoms with van der Waals surface area (Å²) in [5.41, 5.74) is 0.361. The van der Waals surface area contributed by atoms with Crippen LogP contribution in [0, 0.1) is 11.3 Å². The average Bonchev–Trinajstić information content (AvgIpc) is 3.06. The number of carbonyl (C=O) groups is 2. The smallest absolute Gasteiger partial charge is 0.351 e. The third-order valence-electron chi connectivity index (χ3n) is 3.16. The summed E-state index contributed by atoms with van der Waals surface area (Å²) in [6, 6.07) is 10.5. The number of nitriles is 1. The van der Waals surface area contributed by atoms with Crippen LogP contribution in [-0.4, -0.2) is 31.2 Å². The number of hydrogen-bond donors (Lipinski definition) is 1. The molecule has 0 unspecified atom stereocenters. The van der Waals surface area contributed by atoms with Crippen LogP contribution < -0.4 is 14.8 Å². The van der Waals surface area contributed by atoms with Crippen LogP contribution in [0.15, 0.2) is 35.7 Å². The van der Waals surface area contributed by atoms with E-state index < -0.39 is 24.6 Å². The fourth-order valence-corrected chi connectivity index (χ4v) is 2.78. The van der Waals surface area contributed by atoms with Gasteiger partial charge in [0.15, 0.2) is 18.1 Å². The highest BCUT2D eigenvalue weighted by molar-refractivity contribution is 7.14. The standard InChI is InChI=1S/C16H12N2O5S/c17-7-10-5-6-24-15(10)18-14(19)9-22-16(20)13-8-21-11-3-1-2-4-12(11)23-13/h1-6,13H,8-9H2,(H,18,19)/t13-/m0/s1. The summed E-state index contributed by atoms with van der Waals surface area (Å²) < 4.78 is 15.9. The van der Waals surface area contributed by atoms with Crippen molar-refractivity contribution in [2.45, 2.75) is 6.10 Å². The summed E-state index contributed by atoms with van der Waals surface area (Å²) in [5.74, 6) is -0.209. The molecule has 1 aromatic heterocycles. The molecule has 0 saturated heterocycles. The molecule has 2 heterocycles. The molecule has 1 N–H and O–H groups in total. The van der Waals surface area contributed by atoms with Crippen LogP contribution in [-0.2, 0) is 14.3 Å². The van der Waals surface area contributed by atoms with E-state index in [9.17, 15) is 9.59 Å². The maximum absolute atomic E-state index is 12.0. The molecular formula is C16H12N2O5S. The van der Waals surface area contributed by atoms with Crippen LogP contribution in [0.5, 0.6) is 11.5 Å². The Kier molecular flexibility index (Phi) is 4.63. The second-order valence-corrected chi connectivity index (χ2v) is 5.71. The predicted molar refractivity (Wildman–Crippen MR) is 85.0 cm³/mol. The van der Waals surface area contributed by atoms with Crippen LogP contribution >= 0.6 is 11.3 Å². The fourth-order valence-electron chi connectivity index (χ4n) is 2.02. The third-order valence-corrected chi connectivity index (χ3v) is 3.99. The monoisotopic (exact) mass is 344 g/mol. The number of nitrogens with one attached hydrogen (secondary N) is 1. The number of rotatable bonds is 4. The highest BCUT2D eigenvalue weighted by atomic mass is 32.1. The molecule has 0 spiro atoms. The number of hydrogen-bond acceptors (Lipinski definition) is 7. The Morgan fingerprint density at radius 1 is 1.33 bits per heavy atom. The number of para-hydroxylation sites is 2. The summed E-state index contributed by atoms with van der Waals surface area (Å²) >= 11 is 1.22. The molecule has 0 bridgehead atoms. The quantitative estimate of drug-likeness (QED) is 0.851. The minimum absolute atomic E-state index is 0.0149. The van der Waals surface area contributed by atoms with Crippen LogP contribution in [0.25, 0.3) is 0 Å². The SMILES string of the molecule is N#Cc1ccsc1NC(=O)COC(=O)[C@@H]1COc2ccccc2O1. The largest absolute Gasteiger partial charge is 0.485 e. The van der Waals surface area contributed by atoms with Crippen LogP contribution in [0.4, 0.5) is 5.00 Å². The van der Waals surface area contributed by atoms with E-state index in [1.165, 1.54) is 11.3 Å². The molecule has 1 aromatic carbocycles. The Bertz CT molecular complexity index is 811. The normalized spacial score (nSPS) is 15.2. The first-order valence-electron chi connectivity index (χ1n) is 7.00. The molecule has 1 amide bonds. The lowest BCUT2D eigenvalue weighted by Gasteiger charge is -2.24. The van der Waals surface area contributed by atoms with E-state index in [2.05, 4.69) is 5.32 Å². The second-order valence-electron chi connectivity index (χ2n) is 4.80. The van der Waals surface area contributed by atoms with E-state index in [-0.39, 0.29) is 6.61 Å². The average molecular weight is 344 g/mol. The van der Waals surface area contributed by atoms with Gasteiger partial charge in [-0.25, -0.2) is 4.79 Å². The molecule has 122 valence electrons. The van der Waals surface area contributed by atoms with E-state index in [0.29, 0.717) is 22.1 Å². The van der Waals surface area contributed by atoms with Crippen LogP contribution in [0.1, 0.15) is 5.56 Å². The Labute approximate surface area is 141 Å². The summed E-state index contributed by atoms with van der Waals surface area (Å²) in [4.78, 5) is 23.8. The number of amides is 1. The highest BCUT2D eigenvalue weighted by Crippen LogP contribution is 2.31. The number of benzene rings is 1. The summed E-state index contributed by atoms with van der Waals surface area (Å²) in [5, 5.41) is 13.5. The molecule has 1 atom stereocenters. The molecule has 1 aliphatic rings. The maximum atomic E-state index is 12.0. The maximum Gasteiger partial charge on any atom is 0.351 e. The minimum atomic E-state index is -0.927. The third kappa shape index (κ3) is 3.47. The molecule has 2 aromatic rings. The number of thiophene rings is 1. The molecule has 8 heteroatoms. The Balaban J connectivity index is 1.51. The van der Waals surface area contributed by atoms with E-state index in [0.717, 1.165) is 0 Å². The molecule has 3 rings (SSSR count). The zero-order valence-corrected chi connectivity index (χ0v) is 13.2. The van der Waals surface area contributed by atoms with Crippen molar-refractivity contribution in [2.75, 3.05) is 18.5 Å². The lowest BCUT2D eigenvalue weighted by molar-refractivity contribution is -0.156. The minimum Gasteiger partial charge on any atom is -0.485 e. The summed E-state index contributed by atoms with van der Waals surface area (Å²) in [6.07, 6.45) is -0.927. The van der Waals surface area contributed by atoms with Crippen molar-refractivity contribution in [3.05, 3.63) is 41.3 Å². The molecule has 0 aliphatic carbocycles. The van der Waals surface area contributed by atoms with Crippen LogP contribution in [0.2, 0.25) is 0 Å². The van der Waals surface area contributed by atoms with Gasteiger partial charge in [0.05, 0.1) is 5.56 Å². The van der Waals surface area contributed by atoms with Crippen molar-refractivity contribution in [1.82, 2.24) is 0 Å². The van der Waals surface area contributed by atoms with Gasteiger partial charge in [0, 0.05) is 0 Å². The first kappa shape index (κ1) is 15.8. The van der Waals surface area contributed by atoms with E-state index in [4.69, 9.17) is 19.5 Å². The van der Waals surface area contributed by atoms with Gasteiger partial charge in [0.25, 0.3) is 5.91 Å². The van der Waals surface area contributed by atoms with Gasteiger partial charge in [0.1, 0.15) is 17.7 Å². The summed E-state index contributed by atoms with van der Waals surface area (Å²) in [6.45, 7) is -0.454.